The van der Waals surface area contributed by atoms with Crippen molar-refractivity contribution in [1.82, 2.24) is 5.32 Å². The summed E-state index contributed by atoms with van der Waals surface area (Å²) in [6.07, 6.45) is 0.749. The first-order valence-corrected chi connectivity index (χ1v) is 2.96. The smallest absolute Gasteiger partial charge is 0.238 e. The maximum absolute atomic E-state index is 10.3. The van der Waals surface area contributed by atoms with Crippen molar-refractivity contribution >= 4 is 16.8 Å². The summed E-state index contributed by atoms with van der Waals surface area (Å²) in [7, 11) is 1.72. The number of likely N-dealkylation sites (N-methyl/N-ethyl adjacent to an activating group) is 1. The van der Waals surface area contributed by atoms with E-state index in [2.05, 4.69) is 5.32 Å². The van der Waals surface area contributed by atoms with E-state index in [1.165, 1.54) is 0 Å². The van der Waals surface area contributed by atoms with Crippen LogP contribution in [0, 0.1) is 0 Å². The zero-order valence-corrected chi connectivity index (χ0v) is 5.83. The van der Waals surface area contributed by atoms with Crippen LogP contribution in [-0.2, 0) is 4.79 Å². The maximum atomic E-state index is 10.3. The molecule has 0 aliphatic heterocycles. The van der Waals surface area contributed by atoms with Crippen LogP contribution in [0.15, 0.2) is 0 Å². The number of carbonyl (C=O) groups is 1. The predicted molar refractivity (Wildman–Crippen MR) is 34.0 cm³/mol. The molecule has 48 valence electrons. The van der Waals surface area contributed by atoms with Crippen LogP contribution in [0.5, 0.6) is 0 Å². The fourth-order valence-corrected chi connectivity index (χ4v) is 0.742. The molecule has 0 amide bonds. The second-order valence-electron chi connectivity index (χ2n) is 1.55. The number of hydrogen-bond donors (Lipinski definition) is 1. The van der Waals surface area contributed by atoms with Gasteiger partial charge in [-0.3, -0.25) is 4.79 Å². The normalized spacial score (nSPS) is 13.4. The van der Waals surface area contributed by atoms with Gasteiger partial charge in [-0.1, -0.05) is 6.92 Å². The lowest BCUT2D eigenvalue weighted by molar-refractivity contribution is -0.113. The lowest BCUT2D eigenvalue weighted by atomic mass is 10.2. The number of carbonyl (C=O) groups excluding carboxylic acids is 1. The van der Waals surface area contributed by atoms with E-state index in [0.717, 1.165) is 6.42 Å². The van der Waals surface area contributed by atoms with Gasteiger partial charge in [0, 0.05) is 0 Å². The highest BCUT2D eigenvalue weighted by Gasteiger charge is 2.08. The van der Waals surface area contributed by atoms with Gasteiger partial charge in [-0.05, 0) is 25.1 Å². The number of hydrogen-bond acceptors (Lipinski definition) is 2. The Morgan fingerprint density at radius 1 is 1.88 bits per heavy atom. The van der Waals surface area contributed by atoms with Gasteiger partial charge in [-0.25, -0.2) is 0 Å². The first-order chi connectivity index (χ1) is 3.72. The van der Waals surface area contributed by atoms with Crippen LogP contribution in [0.3, 0.4) is 0 Å². The van der Waals surface area contributed by atoms with E-state index in [4.69, 9.17) is 11.6 Å². The Labute approximate surface area is 54.2 Å². The third kappa shape index (κ3) is 2.28. The van der Waals surface area contributed by atoms with Crippen molar-refractivity contribution in [1.29, 1.82) is 0 Å². The summed E-state index contributed by atoms with van der Waals surface area (Å²) in [6.45, 7) is 1.90. The van der Waals surface area contributed by atoms with Gasteiger partial charge in [0.25, 0.3) is 0 Å². The van der Waals surface area contributed by atoms with Gasteiger partial charge in [0.15, 0.2) is 0 Å². The van der Waals surface area contributed by atoms with Crippen molar-refractivity contribution in [3.05, 3.63) is 0 Å². The van der Waals surface area contributed by atoms with Crippen LogP contribution in [0.25, 0.3) is 0 Å². The summed E-state index contributed by atoms with van der Waals surface area (Å²) in [5, 5.41) is 2.46. The molecule has 0 aromatic rings. The van der Waals surface area contributed by atoms with Gasteiger partial charge in [0.1, 0.15) is 0 Å². The summed E-state index contributed by atoms with van der Waals surface area (Å²) in [5.74, 6) is 0. The van der Waals surface area contributed by atoms with Crippen LogP contribution in [0.4, 0.5) is 0 Å². The topological polar surface area (TPSA) is 29.1 Å². The van der Waals surface area contributed by atoms with E-state index in [1.54, 1.807) is 7.05 Å². The molecular formula is C5H10ClNO. The SMILES string of the molecule is CCC(NC)C(=O)Cl. The van der Waals surface area contributed by atoms with E-state index in [1.807, 2.05) is 6.92 Å². The van der Waals surface area contributed by atoms with Gasteiger partial charge < -0.3 is 5.32 Å². The highest BCUT2D eigenvalue weighted by molar-refractivity contribution is 6.64. The standard InChI is InChI=1S/C5H10ClNO/c1-3-4(7-2)5(6)8/h4,7H,3H2,1-2H3. The Bertz CT molecular complexity index is 80.5. The third-order valence-corrected chi connectivity index (χ3v) is 1.29. The van der Waals surface area contributed by atoms with E-state index in [0.29, 0.717) is 0 Å². The molecule has 1 atom stereocenters. The zero-order valence-electron chi connectivity index (χ0n) is 5.07. The molecule has 0 aromatic heterocycles. The summed E-state index contributed by atoms with van der Waals surface area (Å²) in [5.41, 5.74) is 0. The summed E-state index contributed by atoms with van der Waals surface area (Å²) >= 11 is 5.14. The van der Waals surface area contributed by atoms with Gasteiger partial charge in [-0.2, -0.15) is 0 Å². The summed E-state index contributed by atoms with van der Waals surface area (Å²) in [6, 6.07) is -0.170. The van der Waals surface area contributed by atoms with E-state index in [-0.39, 0.29) is 11.3 Å². The minimum atomic E-state index is -0.310. The molecule has 0 saturated carbocycles. The molecule has 0 heterocycles. The van der Waals surface area contributed by atoms with Crippen molar-refractivity contribution in [2.45, 2.75) is 19.4 Å². The molecule has 0 radical (unpaired) electrons. The predicted octanol–water partition coefficient (Wildman–Crippen LogP) is 0.750. The van der Waals surface area contributed by atoms with Crippen molar-refractivity contribution in [3.63, 3.8) is 0 Å². The van der Waals surface area contributed by atoms with Gasteiger partial charge in [-0.15, -0.1) is 0 Å². The van der Waals surface area contributed by atoms with Gasteiger partial charge >= 0.3 is 0 Å². The van der Waals surface area contributed by atoms with Crippen molar-refractivity contribution in [2.24, 2.45) is 0 Å². The molecule has 0 aliphatic carbocycles. The third-order valence-electron chi connectivity index (χ3n) is 1.03. The molecule has 3 heteroatoms. The number of nitrogens with one attached hydrogen (secondary N) is 1. The Kier molecular flexibility index (Phi) is 3.83. The summed E-state index contributed by atoms with van der Waals surface area (Å²) < 4.78 is 0. The quantitative estimate of drug-likeness (QED) is 0.579. The molecule has 2 nitrogen and oxygen atoms in total. The molecule has 0 bridgehead atoms. The average molecular weight is 136 g/mol. The maximum Gasteiger partial charge on any atom is 0.238 e. The highest BCUT2D eigenvalue weighted by atomic mass is 35.5. The molecule has 1 unspecified atom stereocenters. The van der Waals surface area contributed by atoms with Crippen LogP contribution < -0.4 is 5.32 Å². The first-order valence-electron chi connectivity index (χ1n) is 2.59. The Hall–Kier alpha value is -0.0800. The van der Waals surface area contributed by atoms with Crippen LogP contribution in [0.2, 0.25) is 0 Å². The van der Waals surface area contributed by atoms with Crippen LogP contribution in [-0.4, -0.2) is 18.3 Å². The lowest BCUT2D eigenvalue weighted by Crippen LogP contribution is -2.29. The Balaban J connectivity index is 3.52. The number of rotatable bonds is 3. The largest absolute Gasteiger partial charge is 0.309 e. The summed E-state index contributed by atoms with van der Waals surface area (Å²) in [4.78, 5) is 10.3. The molecule has 0 spiro atoms. The van der Waals surface area contributed by atoms with Crippen LogP contribution in [0.1, 0.15) is 13.3 Å². The molecule has 0 aromatic carbocycles. The molecule has 0 aliphatic rings. The molecular weight excluding hydrogens is 126 g/mol. The van der Waals surface area contributed by atoms with Crippen molar-refractivity contribution in [3.8, 4) is 0 Å². The second-order valence-corrected chi connectivity index (χ2v) is 1.93. The average Bonchev–Trinajstić information content (AvgIpc) is 1.69. The molecule has 0 saturated heterocycles. The van der Waals surface area contributed by atoms with Crippen molar-refractivity contribution in [2.75, 3.05) is 7.05 Å². The van der Waals surface area contributed by atoms with Gasteiger partial charge in [0.05, 0.1) is 6.04 Å². The Morgan fingerprint density at radius 3 is 2.38 bits per heavy atom. The minimum absolute atomic E-state index is 0.170. The van der Waals surface area contributed by atoms with Gasteiger partial charge in [0.2, 0.25) is 5.24 Å². The number of halogens is 1. The Morgan fingerprint density at radius 2 is 2.38 bits per heavy atom. The first kappa shape index (κ1) is 7.92. The van der Waals surface area contributed by atoms with E-state index in [9.17, 15) is 4.79 Å². The monoisotopic (exact) mass is 135 g/mol. The highest BCUT2D eigenvalue weighted by Crippen LogP contribution is 1.93. The van der Waals surface area contributed by atoms with E-state index < -0.39 is 0 Å². The van der Waals surface area contributed by atoms with E-state index >= 15 is 0 Å². The van der Waals surface area contributed by atoms with Crippen LogP contribution >= 0.6 is 11.6 Å². The molecule has 0 rings (SSSR count). The minimum Gasteiger partial charge on any atom is -0.309 e. The fourth-order valence-electron chi connectivity index (χ4n) is 0.478. The molecule has 0 fully saturated rings. The lowest BCUT2D eigenvalue weighted by Gasteiger charge is -2.05. The fraction of sp³-hybridized carbons (Fsp3) is 0.800. The zero-order chi connectivity index (χ0) is 6.57. The molecule has 1 N–H and O–H groups in total. The molecule has 8 heavy (non-hydrogen) atoms. The second kappa shape index (κ2) is 3.87. The van der Waals surface area contributed by atoms with Crippen molar-refractivity contribution < 1.29 is 4.79 Å².